The Balaban J connectivity index is 2.44. The van der Waals surface area contributed by atoms with Crippen molar-refractivity contribution in [3.63, 3.8) is 0 Å². The maximum absolute atomic E-state index is 13.2. The highest BCUT2D eigenvalue weighted by Gasteiger charge is 2.22. The van der Waals surface area contributed by atoms with Gasteiger partial charge in [-0.1, -0.05) is 6.92 Å². The molecule has 1 N–H and O–H groups in total. The first-order chi connectivity index (χ1) is 7.72. The van der Waals surface area contributed by atoms with Gasteiger partial charge in [0.05, 0.1) is 10.8 Å². The average Bonchev–Trinajstić information content (AvgIpc) is 2.40. The van der Waals surface area contributed by atoms with Crippen LogP contribution in [-0.4, -0.2) is 16.5 Å². The summed E-state index contributed by atoms with van der Waals surface area (Å²) in [5.74, 6) is 0.432. The molecule has 2 unspecified atom stereocenters. The second-order valence-electron chi connectivity index (χ2n) is 3.98. The van der Waals surface area contributed by atoms with Crippen molar-refractivity contribution in [3.8, 4) is 0 Å². The fourth-order valence-corrected chi connectivity index (χ4v) is 3.47. The first kappa shape index (κ1) is 11.7. The summed E-state index contributed by atoms with van der Waals surface area (Å²) < 4.78 is 25.2. The topological polar surface area (TPSA) is 29.1 Å². The summed E-state index contributed by atoms with van der Waals surface area (Å²) in [7, 11) is -0.972. The van der Waals surface area contributed by atoms with Gasteiger partial charge in [0, 0.05) is 16.7 Å². The maximum Gasteiger partial charge on any atom is 0.123 e. The molecule has 0 saturated heterocycles. The molecule has 16 heavy (non-hydrogen) atoms. The quantitative estimate of drug-likeness (QED) is 0.861. The highest BCUT2D eigenvalue weighted by molar-refractivity contribution is 7.85. The van der Waals surface area contributed by atoms with Crippen molar-refractivity contribution in [3.05, 3.63) is 29.6 Å². The molecule has 0 bridgehead atoms. The Morgan fingerprint density at radius 2 is 2.38 bits per heavy atom. The molecule has 4 heteroatoms. The van der Waals surface area contributed by atoms with E-state index in [0.717, 1.165) is 29.8 Å². The predicted octanol–water partition coefficient (Wildman–Crippen LogP) is 2.38. The minimum Gasteiger partial charge on any atom is -0.310 e. The fraction of sp³-hybridized carbons (Fsp3) is 0.500. The van der Waals surface area contributed by atoms with Crippen LogP contribution in [0.2, 0.25) is 0 Å². The molecule has 1 aliphatic heterocycles. The van der Waals surface area contributed by atoms with Gasteiger partial charge in [-0.25, -0.2) is 4.39 Å². The third kappa shape index (κ3) is 2.33. The summed E-state index contributed by atoms with van der Waals surface area (Å²) in [5.41, 5.74) is 0.873. The van der Waals surface area contributed by atoms with Gasteiger partial charge in [0.1, 0.15) is 5.82 Å². The molecule has 1 aromatic carbocycles. The van der Waals surface area contributed by atoms with Crippen LogP contribution in [0.15, 0.2) is 23.1 Å². The van der Waals surface area contributed by atoms with Gasteiger partial charge in [0.15, 0.2) is 0 Å². The second kappa shape index (κ2) is 5.06. The van der Waals surface area contributed by atoms with E-state index in [1.54, 1.807) is 6.07 Å². The third-order valence-electron chi connectivity index (χ3n) is 2.87. The lowest BCUT2D eigenvalue weighted by Crippen LogP contribution is -2.21. The van der Waals surface area contributed by atoms with Gasteiger partial charge >= 0.3 is 0 Å². The normalized spacial score (nSPS) is 24.9. The maximum atomic E-state index is 13.2. The average molecular weight is 241 g/mol. The molecule has 0 spiro atoms. The lowest BCUT2D eigenvalue weighted by Gasteiger charge is -2.17. The third-order valence-corrected chi connectivity index (χ3v) is 4.39. The Hall–Kier alpha value is -0.740. The number of halogens is 1. The summed E-state index contributed by atoms with van der Waals surface area (Å²) in [6.45, 7) is 2.87. The number of rotatable bonds is 2. The van der Waals surface area contributed by atoms with Gasteiger partial charge in [0.25, 0.3) is 0 Å². The Morgan fingerprint density at radius 3 is 3.12 bits per heavy atom. The van der Waals surface area contributed by atoms with Crippen LogP contribution in [-0.2, 0) is 10.8 Å². The molecule has 0 fully saturated rings. The lowest BCUT2D eigenvalue weighted by atomic mass is 10.0. The van der Waals surface area contributed by atoms with Crippen LogP contribution < -0.4 is 5.32 Å². The molecule has 2 atom stereocenters. The monoisotopic (exact) mass is 241 g/mol. The lowest BCUT2D eigenvalue weighted by molar-refractivity contribution is 0.504. The minimum absolute atomic E-state index is 0.141. The molecular formula is C12H16FNOS. The van der Waals surface area contributed by atoms with E-state index in [-0.39, 0.29) is 11.9 Å². The number of benzene rings is 1. The Bertz CT molecular complexity index is 408. The SMILES string of the molecule is CCNC1CCCS(=O)c2ccc(F)cc21. The first-order valence-electron chi connectivity index (χ1n) is 5.63. The molecule has 88 valence electrons. The predicted molar refractivity (Wildman–Crippen MR) is 63.3 cm³/mol. The standard InChI is InChI=1S/C12H16FNOS/c1-2-14-11-4-3-7-16(15)12-6-5-9(13)8-10(11)12/h5-6,8,11,14H,2-4,7H2,1H3. The summed E-state index contributed by atoms with van der Waals surface area (Å²) in [4.78, 5) is 0.796. The van der Waals surface area contributed by atoms with E-state index < -0.39 is 10.8 Å². The molecule has 0 radical (unpaired) electrons. The van der Waals surface area contributed by atoms with Gasteiger partial charge in [-0.2, -0.15) is 0 Å². The van der Waals surface area contributed by atoms with Crippen LogP contribution in [0.25, 0.3) is 0 Å². The van der Waals surface area contributed by atoms with Gasteiger partial charge in [0.2, 0.25) is 0 Å². The number of hydrogen-bond acceptors (Lipinski definition) is 2. The number of fused-ring (bicyclic) bond motifs is 1. The van der Waals surface area contributed by atoms with Crippen molar-refractivity contribution < 1.29 is 8.60 Å². The van der Waals surface area contributed by atoms with E-state index >= 15 is 0 Å². The highest BCUT2D eigenvalue weighted by Crippen LogP contribution is 2.29. The van der Waals surface area contributed by atoms with Gasteiger partial charge in [-0.3, -0.25) is 4.21 Å². The van der Waals surface area contributed by atoms with Crippen molar-refractivity contribution in [1.82, 2.24) is 5.32 Å². The zero-order chi connectivity index (χ0) is 11.5. The molecule has 0 amide bonds. The van der Waals surface area contributed by atoms with Crippen molar-refractivity contribution in [1.29, 1.82) is 0 Å². The van der Waals surface area contributed by atoms with E-state index in [9.17, 15) is 8.60 Å². The molecule has 0 aromatic heterocycles. The van der Waals surface area contributed by atoms with Gasteiger partial charge < -0.3 is 5.32 Å². The molecule has 2 nitrogen and oxygen atoms in total. The van der Waals surface area contributed by atoms with E-state index in [1.165, 1.54) is 12.1 Å². The number of nitrogens with one attached hydrogen (secondary N) is 1. The summed E-state index contributed by atoms with van der Waals surface area (Å²) in [6.07, 6.45) is 1.84. The molecular weight excluding hydrogens is 225 g/mol. The Morgan fingerprint density at radius 1 is 1.56 bits per heavy atom. The minimum atomic E-state index is -0.972. The van der Waals surface area contributed by atoms with Crippen molar-refractivity contribution in [2.24, 2.45) is 0 Å². The molecule has 0 saturated carbocycles. The molecule has 1 aromatic rings. The molecule has 2 rings (SSSR count). The Labute approximate surface area is 97.7 Å². The van der Waals surface area contributed by atoms with E-state index in [1.807, 2.05) is 6.92 Å². The fourth-order valence-electron chi connectivity index (χ4n) is 2.14. The van der Waals surface area contributed by atoms with Gasteiger partial charge in [-0.15, -0.1) is 0 Å². The van der Waals surface area contributed by atoms with Gasteiger partial charge in [-0.05, 0) is 43.1 Å². The van der Waals surface area contributed by atoms with E-state index in [4.69, 9.17) is 0 Å². The first-order valence-corrected chi connectivity index (χ1v) is 6.95. The van der Waals surface area contributed by atoms with E-state index in [0.29, 0.717) is 5.75 Å². The molecule has 0 aliphatic carbocycles. The van der Waals surface area contributed by atoms with Crippen LogP contribution in [0, 0.1) is 5.82 Å². The summed E-state index contributed by atoms with van der Waals surface area (Å²) in [6, 6.07) is 4.72. The van der Waals surface area contributed by atoms with Crippen LogP contribution in [0.3, 0.4) is 0 Å². The zero-order valence-electron chi connectivity index (χ0n) is 9.33. The van der Waals surface area contributed by atoms with Crippen molar-refractivity contribution in [2.75, 3.05) is 12.3 Å². The molecule has 1 heterocycles. The zero-order valence-corrected chi connectivity index (χ0v) is 10.1. The second-order valence-corrected chi connectivity index (χ2v) is 5.52. The Kier molecular flexibility index (Phi) is 3.71. The van der Waals surface area contributed by atoms with E-state index in [2.05, 4.69) is 5.32 Å². The highest BCUT2D eigenvalue weighted by atomic mass is 32.2. The number of hydrogen-bond donors (Lipinski definition) is 1. The van der Waals surface area contributed by atoms with Crippen LogP contribution in [0.5, 0.6) is 0 Å². The van der Waals surface area contributed by atoms with Crippen LogP contribution >= 0.6 is 0 Å². The molecule has 1 aliphatic rings. The van der Waals surface area contributed by atoms with Crippen molar-refractivity contribution in [2.45, 2.75) is 30.7 Å². The smallest absolute Gasteiger partial charge is 0.123 e. The summed E-state index contributed by atoms with van der Waals surface area (Å²) in [5, 5.41) is 3.33. The van der Waals surface area contributed by atoms with Crippen LogP contribution in [0.1, 0.15) is 31.4 Å². The largest absolute Gasteiger partial charge is 0.310 e. The van der Waals surface area contributed by atoms with Crippen LogP contribution in [0.4, 0.5) is 4.39 Å². The summed E-state index contributed by atoms with van der Waals surface area (Å²) >= 11 is 0. The van der Waals surface area contributed by atoms with Crippen molar-refractivity contribution >= 4 is 10.8 Å².